The first kappa shape index (κ1) is 28.2. The van der Waals surface area contributed by atoms with Gasteiger partial charge in [0.2, 0.25) is 0 Å². The average Bonchev–Trinajstić information content (AvgIpc) is 3.49. The van der Waals surface area contributed by atoms with Gasteiger partial charge in [-0.25, -0.2) is 9.78 Å². The lowest BCUT2D eigenvalue weighted by Gasteiger charge is -2.38. The summed E-state index contributed by atoms with van der Waals surface area (Å²) in [6.07, 6.45) is 0.830. The SMILES string of the molecule is CCOC(=O)N1CC[C@H](NC(=O)c2cc3cc(Cl)ccc3[nH]2)[C@H](NC(=O)c2nc3c(s2)CN(C)CC3)C1.Cl. The van der Waals surface area contributed by atoms with Crippen LogP contribution in [0.15, 0.2) is 24.3 Å². The summed E-state index contributed by atoms with van der Waals surface area (Å²) < 4.78 is 5.17. The second-order valence-corrected chi connectivity index (χ2v) is 10.9. The molecule has 10 nitrogen and oxygen atoms in total. The number of aromatic nitrogens is 2. The highest BCUT2D eigenvalue weighted by Crippen LogP contribution is 2.25. The molecule has 0 radical (unpaired) electrons. The Morgan fingerprint density at radius 1 is 1.18 bits per heavy atom. The van der Waals surface area contributed by atoms with E-state index in [0.29, 0.717) is 28.7 Å². The van der Waals surface area contributed by atoms with Gasteiger partial charge < -0.3 is 30.2 Å². The lowest BCUT2D eigenvalue weighted by molar-refractivity contribution is 0.0721. The maximum Gasteiger partial charge on any atom is 0.409 e. The number of benzene rings is 1. The number of H-pyrrole nitrogens is 1. The summed E-state index contributed by atoms with van der Waals surface area (Å²) >= 11 is 7.47. The van der Waals surface area contributed by atoms with Gasteiger partial charge in [0.15, 0.2) is 5.01 Å². The van der Waals surface area contributed by atoms with Crippen LogP contribution in [0.1, 0.15) is 44.2 Å². The Morgan fingerprint density at radius 2 is 1.97 bits per heavy atom. The van der Waals surface area contributed by atoms with E-state index < -0.39 is 18.2 Å². The third-order valence-electron chi connectivity index (χ3n) is 6.72. The quantitative estimate of drug-likeness (QED) is 0.425. The largest absolute Gasteiger partial charge is 0.450 e. The van der Waals surface area contributed by atoms with Crippen LogP contribution in [0, 0.1) is 0 Å². The van der Waals surface area contributed by atoms with Crippen molar-refractivity contribution in [2.75, 3.05) is 33.3 Å². The molecule has 4 heterocycles. The predicted octanol–water partition coefficient (Wildman–Crippen LogP) is 3.45. The summed E-state index contributed by atoms with van der Waals surface area (Å²) in [4.78, 5) is 51.3. The first-order chi connectivity index (χ1) is 17.8. The third kappa shape index (κ3) is 6.06. The summed E-state index contributed by atoms with van der Waals surface area (Å²) in [6, 6.07) is 6.20. The number of hydrogen-bond donors (Lipinski definition) is 3. The number of likely N-dealkylation sites (tertiary alicyclic amines) is 1. The first-order valence-corrected chi connectivity index (χ1v) is 13.5. The van der Waals surface area contributed by atoms with Crippen molar-refractivity contribution in [2.24, 2.45) is 0 Å². The van der Waals surface area contributed by atoms with E-state index in [4.69, 9.17) is 16.3 Å². The number of piperidine rings is 1. The van der Waals surface area contributed by atoms with Crippen LogP contribution in [0.4, 0.5) is 4.79 Å². The Kier molecular flexibility index (Phi) is 8.81. The van der Waals surface area contributed by atoms with E-state index in [1.165, 1.54) is 11.3 Å². The number of likely N-dealkylation sites (N-methyl/N-ethyl adjacent to an activating group) is 1. The van der Waals surface area contributed by atoms with Gasteiger partial charge in [-0.2, -0.15) is 0 Å². The van der Waals surface area contributed by atoms with Crippen LogP contribution in [0.25, 0.3) is 10.9 Å². The van der Waals surface area contributed by atoms with Gasteiger partial charge in [-0.1, -0.05) is 11.6 Å². The summed E-state index contributed by atoms with van der Waals surface area (Å²) in [6.45, 7) is 4.30. The van der Waals surface area contributed by atoms with E-state index in [9.17, 15) is 14.4 Å². The minimum atomic E-state index is -0.517. The zero-order chi connectivity index (χ0) is 26.1. The summed E-state index contributed by atoms with van der Waals surface area (Å²) in [7, 11) is 2.05. The van der Waals surface area contributed by atoms with Crippen molar-refractivity contribution in [2.45, 2.75) is 38.4 Å². The number of nitrogens with one attached hydrogen (secondary N) is 3. The average molecular weight is 582 g/mol. The summed E-state index contributed by atoms with van der Waals surface area (Å²) in [5.41, 5.74) is 2.16. The highest BCUT2D eigenvalue weighted by Gasteiger charge is 2.35. The molecule has 1 saturated heterocycles. The van der Waals surface area contributed by atoms with Gasteiger partial charge in [0.05, 0.1) is 24.4 Å². The monoisotopic (exact) mass is 580 g/mol. The predicted molar refractivity (Wildman–Crippen MR) is 148 cm³/mol. The molecule has 2 aliphatic heterocycles. The normalized spacial score (nSPS) is 19.4. The smallest absolute Gasteiger partial charge is 0.409 e. The van der Waals surface area contributed by atoms with Crippen LogP contribution in [-0.2, 0) is 17.7 Å². The van der Waals surface area contributed by atoms with E-state index in [0.717, 1.165) is 41.0 Å². The number of thiazole rings is 1. The van der Waals surface area contributed by atoms with Gasteiger partial charge in [0.1, 0.15) is 5.69 Å². The van der Waals surface area contributed by atoms with Crippen molar-refractivity contribution >= 4 is 64.2 Å². The van der Waals surface area contributed by atoms with E-state index >= 15 is 0 Å². The lowest BCUT2D eigenvalue weighted by Crippen LogP contribution is -2.61. The molecule has 38 heavy (non-hydrogen) atoms. The zero-order valence-electron chi connectivity index (χ0n) is 21.1. The molecule has 2 atom stereocenters. The number of nitrogens with zero attached hydrogens (tertiary/aromatic N) is 3. The van der Waals surface area contributed by atoms with Gasteiger partial charge in [-0.15, -0.1) is 23.7 Å². The van der Waals surface area contributed by atoms with Crippen LogP contribution < -0.4 is 10.6 Å². The molecular weight excluding hydrogens is 551 g/mol. The number of rotatable bonds is 5. The molecule has 3 amide bonds. The molecule has 13 heteroatoms. The van der Waals surface area contributed by atoms with Gasteiger partial charge in [-0.3, -0.25) is 9.59 Å². The standard InChI is InChI=1S/C25H29ClN6O4S.ClH/c1-3-36-25(35)32-9-7-17(28-22(33)19-11-14-10-15(26)4-5-16(14)27-19)20(12-32)29-23(34)24-30-18-6-8-31(2)13-21(18)37-24;/h4-5,10-11,17,20,27H,3,6-9,12-13H2,1-2H3,(H,28,33)(H,29,34);1H/t17-,20+;/m0./s1. The fourth-order valence-corrected chi connectivity index (χ4v) is 6.05. The topological polar surface area (TPSA) is 120 Å². The molecule has 2 aliphatic rings. The molecule has 204 valence electrons. The summed E-state index contributed by atoms with van der Waals surface area (Å²) in [5.74, 6) is -0.605. The molecule has 1 aromatic carbocycles. The Morgan fingerprint density at radius 3 is 2.76 bits per heavy atom. The van der Waals surface area contributed by atoms with E-state index in [-0.39, 0.29) is 37.4 Å². The van der Waals surface area contributed by atoms with Gasteiger partial charge in [0.25, 0.3) is 11.8 Å². The lowest BCUT2D eigenvalue weighted by atomic mass is 9.99. The number of aromatic amines is 1. The molecule has 0 unspecified atom stereocenters. The van der Waals surface area contributed by atoms with E-state index in [1.54, 1.807) is 30.0 Å². The van der Waals surface area contributed by atoms with E-state index in [2.05, 4.69) is 25.5 Å². The van der Waals surface area contributed by atoms with Crippen LogP contribution in [0.5, 0.6) is 0 Å². The van der Waals surface area contributed by atoms with Crippen molar-refractivity contribution in [3.8, 4) is 0 Å². The molecule has 0 spiro atoms. The molecule has 0 aliphatic carbocycles. The number of fused-ring (bicyclic) bond motifs is 2. The zero-order valence-corrected chi connectivity index (χ0v) is 23.5. The molecule has 2 aromatic heterocycles. The second kappa shape index (κ2) is 11.9. The van der Waals surface area contributed by atoms with Crippen LogP contribution in [0.2, 0.25) is 5.02 Å². The third-order valence-corrected chi connectivity index (χ3v) is 8.03. The Balaban J connectivity index is 0.00000336. The minimum absolute atomic E-state index is 0. The van der Waals surface area contributed by atoms with Crippen LogP contribution in [-0.4, -0.2) is 83.0 Å². The number of halogens is 2. The summed E-state index contributed by atoms with van der Waals surface area (Å²) in [5, 5.41) is 7.88. The maximum absolute atomic E-state index is 13.2. The molecule has 3 aromatic rings. The van der Waals surface area contributed by atoms with Crippen molar-refractivity contribution < 1.29 is 19.1 Å². The molecular formula is C25H30Cl2N6O4S. The number of carbonyl (C=O) groups excluding carboxylic acids is 3. The second-order valence-electron chi connectivity index (χ2n) is 9.38. The van der Waals surface area contributed by atoms with Crippen molar-refractivity contribution in [1.82, 2.24) is 30.4 Å². The van der Waals surface area contributed by atoms with Crippen molar-refractivity contribution in [1.29, 1.82) is 0 Å². The highest BCUT2D eigenvalue weighted by atomic mass is 35.5. The van der Waals surface area contributed by atoms with E-state index in [1.807, 2.05) is 13.1 Å². The number of amides is 3. The Hall–Kier alpha value is -2.86. The molecule has 0 saturated carbocycles. The van der Waals surface area contributed by atoms with Crippen molar-refractivity contribution in [3.05, 3.63) is 50.6 Å². The van der Waals surface area contributed by atoms with Gasteiger partial charge in [0, 0.05) is 53.4 Å². The Labute approximate surface area is 235 Å². The van der Waals surface area contributed by atoms with Crippen LogP contribution in [0.3, 0.4) is 0 Å². The number of ether oxygens (including phenoxy) is 1. The fraction of sp³-hybridized carbons (Fsp3) is 0.440. The minimum Gasteiger partial charge on any atom is -0.450 e. The van der Waals surface area contributed by atoms with Gasteiger partial charge in [-0.05, 0) is 44.7 Å². The fourth-order valence-electron chi connectivity index (χ4n) is 4.77. The first-order valence-electron chi connectivity index (χ1n) is 12.3. The molecule has 1 fully saturated rings. The number of carbonyl (C=O) groups is 3. The molecule has 5 rings (SSSR count). The Bertz CT molecular complexity index is 1340. The molecule has 3 N–H and O–H groups in total. The molecule has 0 bridgehead atoms. The van der Waals surface area contributed by atoms with Crippen LogP contribution >= 0.6 is 35.3 Å². The van der Waals surface area contributed by atoms with Gasteiger partial charge >= 0.3 is 6.09 Å². The maximum atomic E-state index is 13.2. The number of hydrogen-bond acceptors (Lipinski definition) is 7. The highest BCUT2D eigenvalue weighted by molar-refractivity contribution is 7.13. The van der Waals surface area contributed by atoms with Crippen molar-refractivity contribution in [3.63, 3.8) is 0 Å².